The number of esters is 1. The van der Waals surface area contributed by atoms with Crippen LogP contribution in [0.1, 0.15) is 25.6 Å². The van der Waals surface area contributed by atoms with Gasteiger partial charge >= 0.3 is 5.97 Å². The molecule has 1 aromatic heterocycles. The molecule has 0 aromatic carbocycles. The first kappa shape index (κ1) is 14.9. The summed E-state index contributed by atoms with van der Waals surface area (Å²) in [6.45, 7) is 5.70. The Morgan fingerprint density at radius 1 is 1.55 bits per heavy atom. The molecular formula is C12H21N5O3. The molecule has 8 nitrogen and oxygen atoms in total. The Morgan fingerprint density at radius 2 is 2.40 bits per heavy atom. The number of aromatic nitrogens is 4. The number of rotatable bonds is 6. The molecule has 8 heteroatoms. The molecular weight excluding hydrogens is 262 g/mol. The highest BCUT2D eigenvalue weighted by Crippen LogP contribution is 2.12. The van der Waals surface area contributed by atoms with Crippen molar-refractivity contribution in [1.82, 2.24) is 25.1 Å². The molecule has 0 radical (unpaired) electrons. The van der Waals surface area contributed by atoms with Crippen LogP contribution in [-0.2, 0) is 27.4 Å². The van der Waals surface area contributed by atoms with Crippen molar-refractivity contribution in [3.05, 3.63) is 5.82 Å². The van der Waals surface area contributed by atoms with Crippen molar-refractivity contribution in [1.29, 1.82) is 0 Å². The Morgan fingerprint density at radius 3 is 3.15 bits per heavy atom. The van der Waals surface area contributed by atoms with Gasteiger partial charge < -0.3 is 9.47 Å². The van der Waals surface area contributed by atoms with Crippen LogP contribution in [0.15, 0.2) is 0 Å². The van der Waals surface area contributed by atoms with E-state index in [0.717, 1.165) is 25.3 Å². The van der Waals surface area contributed by atoms with E-state index in [1.165, 1.54) is 7.11 Å². The van der Waals surface area contributed by atoms with Gasteiger partial charge in [-0.2, -0.15) is 0 Å². The number of morpholine rings is 1. The zero-order valence-electron chi connectivity index (χ0n) is 12.0. The molecule has 112 valence electrons. The van der Waals surface area contributed by atoms with Gasteiger partial charge in [0.05, 0.1) is 32.8 Å². The van der Waals surface area contributed by atoms with E-state index in [-0.39, 0.29) is 18.5 Å². The summed E-state index contributed by atoms with van der Waals surface area (Å²) in [5.41, 5.74) is 0. The first-order chi connectivity index (χ1) is 9.72. The Bertz CT molecular complexity index is 436. The van der Waals surface area contributed by atoms with Crippen LogP contribution in [0.2, 0.25) is 0 Å². The maximum atomic E-state index is 11.3. The van der Waals surface area contributed by atoms with Gasteiger partial charge in [0, 0.05) is 19.6 Å². The van der Waals surface area contributed by atoms with Gasteiger partial charge in [-0.1, -0.05) is 6.92 Å². The molecule has 1 aromatic rings. The number of hydrogen-bond acceptors (Lipinski definition) is 7. The van der Waals surface area contributed by atoms with Crippen molar-refractivity contribution >= 4 is 5.97 Å². The third kappa shape index (κ3) is 3.97. The Balaban J connectivity index is 1.89. The predicted molar refractivity (Wildman–Crippen MR) is 69.8 cm³/mol. The lowest BCUT2D eigenvalue weighted by molar-refractivity contribution is -0.145. The number of tetrazole rings is 1. The van der Waals surface area contributed by atoms with Gasteiger partial charge in [0.25, 0.3) is 0 Å². The number of methoxy groups -OCH3 is 1. The van der Waals surface area contributed by atoms with Crippen LogP contribution in [0.25, 0.3) is 0 Å². The third-order valence-corrected chi connectivity index (χ3v) is 3.25. The van der Waals surface area contributed by atoms with Crippen LogP contribution in [0.3, 0.4) is 0 Å². The summed E-state index contributed by atoms with van der Waals surface area (Å²) in [5.74, 6) is 0.609. The topological polar surface area (TPSA) is 82.4 Å². The monoisotopic (exact) mass is 283 g/mol. The van der Waals surface area contributed by atoms with Crippen molar-refractivity contribution in [3.8, 4) is 0 Å². The number of carbonyl (C=O) groups is 1. The van der Waals surface area contributed by atoms with Gasteiger partial charge in [0.1, 0.15) is 0 Å². The molecule has 1 atom stereocenters. The van der Waals surface area contributed by atoms with E-state index in [4.69, 9.17) is 4.74 Å². The van der Waals surface area contributed by atoms with Crippen LogP contribution in [0.5, 0.6) is 0 Å². The second kappa shape index (κ2) is 7.30. The van der Waals surface area contributed by atoms with Crippen molar-refractivity contribution in [2.24, 2.45) is 0 Å². The molecule has 0 aliphatic carbocycles. The minimum atomic E-state index is -0.243. The summed E-state index contributed by atoms with van der Waals surface area (Å²) >= 11 is 0. The number of ether oxygens (including phenoxy) is 2. The Kier molecular flexibility index (Phi) is 5.42. The summed E-state index contributed by atoms with van der Waals surface area (Å²) < 4.78 is 12.1. The van der Waals surface area contributed by atoms with Gasteiger partial charge in [-0.05, 0) is 16.8 Å². The van der Waals surface area contributed by atoms with E-state index in [2.05, 4.69) is 32.1 Å². The average Bonchev–Trinajstić information content (AvgIpc) is 2.87. The number of aryl methyl sites for hydroxylation is 1. The lowest BCUT2D eigenvalue weighted by atomic mass is 10.2. The van der Waals surface area contributed by atoms with Gasteiger partial charge in [-0.15, -0.1) is 5.10 Å². The van der Waals surface area contributed by atoms with Crippen LogP contribution in [0.4, 0.5) is 0 Å². The van der Waals surface area contributed by atoms with E-state index in [9.17, 15) is 4.79 Å². The van der Waals surface area contributed by atoms with Crippen LogP contribution in [0, 0.1) is 0 Å². The van der Waals surface area contributed by atoms with Crippen molar-refractivity contribution in [3.63, 3.8) is 0 Å². The highest BCUT2D eigenvalue weighted by molar-refractivity contribution is 5.69. The predicted octanol–water partition coefficient (Wildman–Crippen LogP) is -0.153. The van der Waals surface area contributed by atoms with E-state index < -0.39 is 0 Å². The lowest BCUT2D eigenvalue weighted by Gasteiger charge is -2.31. The first-order valence-electron chi connectivity index (χ1n) is 6.88. The first-order valence-corrected chi connectivity index (χ1v) is 6.88. The van der Waals surface area contributed by atoms with Crippen molar-refractivity contribution in [2.75, 3.05) is 26.8 Å². The zero-order chi connectivity index (χ0) is 14.4. The molecule has 0 bridgehead atoms. The quantitative estimate of drug-likeness (QED) is 0.671. The maximum absolute atomic E-state index is 11.3. The third-order valence-electron chi connectivity index (χ3n) is 3.25. The van der Waals surface area contributed by atoms with Crippen LogP contribution in [-0.4, -0.2) is 64.0 Å². The van der Waals surface area contributed by atoms with Gasteiger partial charge in [-0.3, -0.25) is 9.69 Å². The smallest absolute Gasteiger partial charge is 0.308 e. The second-order valence-electron chi connectivity index (χ2n) is 4.83. The number of hydrogen-bond donors (Lipinski definition) is 0. The van der Waals surface area contributed by atoms with E-state index in [1.54, 1.807) is 0 Å². The fourth-order valence-electron chi connectivity index (χ4n) is 2.24. The number of carbonyl (C=O) groups excluding carboxylic acids is 1. The normalized spacial score (nSPS) is 20.0. The van der Waals surface area contributed by atoms with Gasteiger partial charge in [0.15, 0.2) is 5.82 Å². The molecule has 0 amide bonds. The fraction of sp³-hybridized carbons (Fsp3) is 0.833. The Labute approximate surface area is 118 Å². The van der Waals surface area contributed by atoms with Gasteiger partial charge in [-0.25, -0.2) is 4.68 Å². The maximum Gasteiger partial charge on any atom is 0.308 e. The van der Waals surface area contributed by atoms with Crippen molar-refractivity contribution < 1.29 is 14.3 Å². The van der Waals surface area contributed by atoms with E-state index >= 15 is 0 Å². The Hall–Kier alpha value is -1.54. The molecule has 1 aliphatic rings. The molecule has 1 saturated heterocycles. The zero-order valence-corrected chi connectivity index (χ0v) is 12.0. The molecule has 2 heterocycles. The summed E-state index contributed by atoms with van der Waals surface area (Å²) in [6, 6.07) is 0. The number of nitrogens with zero attached hydrogens (tertiary/aromatic N) is 5. The summed E-state index contributed by atoms with van der Waals surface area (Å²) in [4.78, 5) is 13.5. The SMILES string of the molecule is CCCn1nnnc1CN1CCOC(CC(=O)OC)C1. The molecule has 1 aliphatic heterocycles. The summed E-state index contributed by atoms with van der Waals surface area (Å²) in [7, 11) is 1.39. The molecule has 20 heavy (non-hydrogen) atoms. The molecule has 0 spiro atoms. The van der Waals surface area contributed by atoms with Crippen molar-refractivity contribution in [2.45, 2.75) is 39.0 Å². The van der Waals surface area contributed by atoms with Gasteiger partial charge in [0.2, 0.25) is 0 Å². The highest BCUT2D eigenvalue weighted by atomic mass is 16.5. The fourth-order valence-corrected chi connectivity index (χ4v) is 2.24. The minimum Gasteiger partial charge on any atom is -0.469 e. The molecule has 0 N–H and O–H groups in total. The standard InChI is InChI=1S/C12H21N5O3/c1-3-4-17-11(13-14-15-17)9-16-5-6-20-10(8-16)7-12(18)19-2/h10H,3-9H2,1-2H3. The molecule has 0 saturated carbocycles. The largest absolute Gasteiger partial charge is 0.469 e. The minimum absolute atomic E-state index is 0.119. The average molecular weight is 283 g/mol. The molecule has 1 unspecified atom stereocenters. The molecule has 2 rings (SSSR count). The highest BCUT2D eigenvalue weighted by Gasteiger charge is 2.24. The van der Waals surface area contributed by atoms with E-state index in [0.29, 0.717) is 19.7 Å². The summed E-state index contributed by atoms with van der Waals surface area (Å²) in [6.07, 6.45) is 1.16. The van der Waals surface area contributed by atoms with Crippen LogP contribution < -0.4 is 0 Å². The summed E-state index contributed by atoms with van der Waals surface area (Å²) in [5, 5.41) is 11.8. The second-order valence-corrected chi connectivity index (χ2v) is 4.83. The van der Waals surface area contributed by atoms with E-state index in [1.807, 2.05) is 4.68 Å². The molecule has 1 fully saturated rings. The lowest BCUT2D eigenvalue weighted by Crippen LogP contribution is -2.43. The van der Waals surface area contributed by atoms with Crippen LogP contribution >= 0.6 is 0 Å².